The number of nitrogens with one attached hydrogen (secondary N) is 1. The average molecular weight is 215 g/mol. The number of hydrogen-bond donors (Lipinski definition) is 1. The standard InChI is InChI=1S/C13H13NO2/c1-7-4-5-10-12(8(7)2)14-6-11(9(3)15)13(10)16/h4-6H,1-3H3,(H,14,16). The van der Waals surface area contributed by atoms with E-state index < -0.39 is 0 Å². The maximum absolute atomic E-state index is 12.0. The molecule has 2 aromatic rings. The fourth-order valence-electron chi connectivity index (χ4n) is 1.81. The largest absolute Gasteiger partial charge is 0.360 e. The first-order valence-corrected chi connectivity index (χ1v) is 5.15. The van der Waals surface area contributed by atoms with Crippen LogP contribution in [0.3, 0.4) is 0 Å². The number of carbonyl (C=O) groups excluding carboxylic acids is 1. The van der Waals surface area contributed by atoms with Crippen LogP contribution in [0.1, 0.15) is 28.4 Å². The van der Waals surface area contributed by atoms with Crippen LogP contribution in [-0.2, 0) is 0 Å². The van der Waals surface area contributed by atoms with Gasteiger partial charge >= 0.3 is 0 Å². The summed E-state index contributed by atoms with van der Waals surface area (Å²) in [5.74, 6) is -0.207. The van der Waals surface area contributed by atoms with Crippen LogP contribution in [0.15, 0.2) is 23.1 Å². The van der Waals surface area contributed by atoms with Crippen LogP contribution in [0, 0.1) is 13.8 Å². The van der Waals surface area contributed by atoms with E-state index in [-0.39, 0.29) is 16.8 Å². The van der Waals surface area contributed by atoms with Crippen molar-refractivity contribution < 1.29 is 4.79 Å². The molecule has 0 unspecified atom stereocenters. The highest BCUT2D eigenvalue weighted by Gasteiger charge is 2.10. The van der Waals surface area contributed by atoms with Gasteiger partial charge in [-0.1, -0.05) is 6.07 Å². The second-order valence-corrected chi connectivity index (χ2v) is 4.02. The summed E-state index contributed by atoms with van der Waals surface area (Å²) in [4.78, 5) is 26.3. The first-order valence-electron chi connectivity index (χ1n) is 5.15. The molecule has 1 aromatic carbocycles. The molecule has 0 atom stereocenters. The number of rotatable bonds is 1. The Bertz CT molecular complexity index is 638. The zero-order valence-electron chi connectivity index (χ0n) is 9.55. The number of aryl methyl sites for hydroxylation is 2. The zero-order valence-corrected chi connectivity index (χ0v) is 9.55. The number of fused-ring (bicyclic) bond motifs is 1. The second kappa shape index (κ2) is 3.59. The smallest absolute Gasteiger partial charge is 0.200 e. The molecule has 0 radical (unpaired) electrons. The van der Waals surface area contributed by atoms with Gasteiger partial charge in [0.05, 0.1) is 11.1 Å². The molecule has 0 spiro atoms. The highest BCUT2D eigenvalue weighted by Crippen LogP contribution is 2.17. The van der Waals surface area contributed by atoms with Crippen LogP contribution in [0.25, 0.3) is 10.9 Å². The maximum Gasteiger partial charge on any atom is 0.200 e. The topological polar surface area (TPSA) is 49.9 Å². The van der Waals surface area contributed by atoms with Crippen molar-refractivity contribution in [1.29, 1.82) is 0 Å². The average Bonchev–Trinajstić information content (AvgIpc) is 2.23. The predicted octanol–water partition coefficient (Wildman–Crippen LogP) is 2.35. The summed E-state index contributed by atoms with van der Waals surface area (Å²) >= 11 is 0. The zero-order chi connectivity index (χ0) is 11.9. The van der Waals surface area contributed by atoms with Gasteiger partial charge in [-0.25, -0.2) is 0 Å². The SMILES string of the molecule is CC(=O)c1c[nH]c2c(C)c(C)ccc2c1=O. The molecule has 0 aliphatic rings. The molecule has 16 heavy (non-hydrogen) atoms. The molecule has 0 bridgehead atoms. The van der Waals surface area contributed by atoms with Gasteiger partial charge in [-0.05, 0) is 38.0 Å². The van der Waals surface area contributed by atoms with Crippen molar-refractivity contribution in [1.82, 2.24) is 4.98 Å². The Balaban J connectivity index is 2.93. The Morgan fingerprint density at radius 3 is 2.56 bits per heavy atom. The highest BCUT2D eigenvalue weighted by molar-refractivity contribution is 5.97. The Morgan fingerprint density at radius 2 is 1.94 bits per heavy atom. The van der Waals surface area contributed by atoms with Crippen molar-refractivity contribution in [3.8, 4) is 0 Å². The molecule has 1 aromatic heterocycles. The summed E-state index contributed by atoms with van der Waals surface area (Å²) in [5, 5.41) is 0.579. The van der Waals surface area contributed by atoms with Crippen molar-refractivity contribution >= 4 is 16.7 Å². The second-order valence-electron chi connectivity index (χ2n) is 4.02. The minimum absolute atomic E-state index is 0.190. The van der Waals surface area contributed by atoms with Gasteiger partial charge in [0, 0.05) is 11.6 Å². The monoisotopic (exact) mass is 215 g/mol. The molecule has 1 heterocycles. The lowest BCUT2D eigenvalue weighted by molar-refractivity contribution is 0.101. The van der Waals surface area contributed by atoms with Crippen molar-refractivity contribution in [2.45, 2.75) is 20.8 Å². The summed E-state index contributed by atoms with van der Waals surface area (Å²) in [6, 6.07) is 3.67. The molecule has 3 heteroatoms. The summed E-state index contributed by atoms with van der Waals surface area (Å²) in [6.45, 7) is 5.35. The number of aromatic nitrogens is 1. The maximum atomic E-state index is 12.0. The Hall–Kier alpha value is -1.90. The number of hydrogen-bond acceptors (Lipinski definition) is 2. The quantitative estimate of drug-likeness (QED) is 0.742. The van der Waals surface area contributed by atoms with Crippen LogP contribution in [-0.4, -0.2) is 10.8 Å². The molecule has 82 valence electrons. The normalized spacial score (nSPS) is 10.7. The lowest BCUT2D eigenvalue weighted by atomic mass is 10.0. The first kappa shape index (κ1) is 10.6. The van der Waals surface area contributed by atoms with Crippen LogP contribution < -0.4 is 5.43 Å². The van der Waals surface area contributed by atoms with E-state index in [4.69, 9.17) is 0 Å². The fourth-order valence-corrected chi connectivity index (χ4v) is 1.81. The number of H-pyrrole nitrogens is 1. The van der Waals surface area contributed by atoms with E-state index >= 15 is 0 Å². The van der Waals surface area contributed by atoms with Crippen LogP contribution in [0.2, 0.25) is 0 Å². The third kappa shape index (κ3) is 1.45. The lowest BCUT2D eigenvalue weighted by Gasteiger charge is -2.06. The van der Waals surface area contributed by atoms with Gasteiger partial charge in [-0.2, -0.15) is 0 Å². The summed E-state index contributed by atoms with van der Waals surface area (Å²) in [5.41, 5.74) is 3.01. The van der Waals surface area contributed by atoms with Crippen molar-refractivity contribution in [2.75, 3.05) is 0 Å². The molecule has 0 aliphatic carbocycles. The molecule has 1 N–H and O–H groups in total. The van der Waals surface area contributed by atoms with Gasteiger partial charge in [-0.15, -0.1) is 0 Å². The molecule has 0 amide bonds. The van der Waals surface area contributed by atoms with E-state index in [1.165, 1.54) is 13.1 Å². The van der Waals surface area contributed by atoms with Gasteiger partial charge < -0.3 is 4.98 Å². The van der Waals surface area contributed by atoms with E-state index in [0.717, 1.165) is 16.6 Å². The van der Waals surface area contributed by atoms with Crippen molar-refractivity contribution in [3.63, 3.8) is 0 Å². The number of aromatic amines is 1. The molecular weight excluding hydrogens is 202 g/mol. The highest BCUT2D eigenvalue weighted by atomic mass is 16.1. The number of pyridine rings is 1. The van der Waals surface area contributed by atoms with Crippen LogP contribution in [0.5, 0.6) is 0 Å². The lowest BCUT2D eigenvalue weighted by Crippen LogP contribution is -2.14. The molecule has 2 rings (SSSR count). The number of carbonyl (C=O) groups is 1. The summed E-state index contributed by atoms with van der Waals surface area (Å²) in [7, 11) is 0. The number of benzene rings is 1. The number of Topliss-reactive ketones (excluding diaryl/α,β-unsaturated/α-hetero) is 1. The minimum atomic E-state index is -0.207. The van der Waals surface area contributed by atoms with E-state index in [2.05, 4.69) is 4.98 Å². The van der Waals surface area contributed by atoms with Gasteiger partial charge in [-0.3, -0.25) is 9.59 Å². The van der Waals surface area contributed by atoms with Crippen molar-refractivity contribution in [3.05, 3.63) is 45.2 Å². The molecule has 0 saturated heterocycles. The van der Waals surface area contributed by atoms with Gasteiger partial charge in [0.25, 0.3) is 0 Å². The van der Waals surface area contributed by atoms with Gasteiger partial charge in [0.2, 0.25) is 0 Å². The van der Waals surface area contributed by atoms with Crippen LogP contribution in [0.4, 0.5) is 0 Å². The molecule has 3 nitrogen and oxygen atoms in total. The first-order chi connectivity index (χ1) is 7.52. The molecule has 0 fully saturated rings. The summed E-state index contributed by atoms with van der Waals surface area (Å²) < 4.78 is 0. The number of ketones is 1. The summed E-state index contributed by atoms with van der Waals surface area (Å²) in [6.07, 6.45) is 1.50. The Morgan fingerprint density at radius 1 is 1.25 bits per heavy atom. The van der Waals surface area contributed by atoms with Crippen LogP contribution >= 0.6 is 0 Å². The van der Waals surface area contributed by atoms with E-state index in [0.29, 0.717) is 5.39 Å². The van der Waals surface area contributed by atoms with E-state index in [1.54, 1.807) is 6.07 Å². The van der Waals surface area contributed by atoms with Gasteiger partial charge in [0.1, 0.15) is 0 Å². The van der Waals surface area contributed by atoms with Crippen molar-refractivity contribution in [2.24, 2.45) is 0 Å². The predicted molar refractivity (Wildman–Crippen MR) is 64.0 cm³/mol. The Kier molecular flexibility index (Phi) is 2.38. The minimum Gasteiger partial charge on any atom is -0.360 e. The third-order valence-electron chi connectivity index (χ3n) is 2.97. The molecule has 0 saturated carbocycles. The Labute approximate surface area is 93.1 Å². The van der Waals surface area contributed by atoms with E-state index in [1.807, 2.05) is 19.9 Å². The molecule has 0 aliphatic heterocycles. The molecular formula is C13H13NO2. The van der Waals surface area contributed by atoms with E-state index in [9.17, 15) is 9.59 Å². The third-order valence-corrected chi connectivity index (χ3v) is 2.97. The fraction of sp³-hybridized carbons (Fsp3) is 0.231. The van der Waals surface area contributed by atoms with Gasteiger partial charge in [0.15, 0.2) is 11.2 Å².